The Morgan fingerprint density at radius 3 is 1.89 bits per heavy atom. The lowest BCUT2D eigenvalue weighted by Crippen LogP contribution is -2.57. The van der Waals surface area contributed by atoms with Crippen LogP contribution in [0.15, 0.2) is 0 Å². The molecule has 1 heterocycles. The van der Waals surface area contributed by atoms with E-state index in [1.54, 1.807) is 0 Å². The van der Waals surface area contributed by atoms with Gasteiger partial charge in [0.15, 0.2) is 24.6 Å². The van der Waals surface area contributed by atoms with E-state index >= 15 is 0 Å². The van der Waals surface area contributed by atoms with Gasteiger partial charge in [-0.15, -0.1) is 0 Å². The predicted octanol–water partition coefficient (Wildman–Crippen LogP) is -0.870. The van der Waals surface area contributed by atoms with Gasteiger partial charge in [0.1, 0.15) is 0 Å². The number of hydrogen-bond donors (Lipinski definition) is 1. The van der Waals surface area contributed by atoms with Crippen molar-refractivity contribution in [3.05, 3.63) is 0 Å². The molecule has 1 N–H and O–H groups in total. The van der Waals surface area contributed by atoms with Gasteiger partial charge in [-0.1, -0.05) is 0 Å². The van der Waals surface area contributed by atoms with Crippen LogP contribution in [0, 0.1) is 0 Å². The molecule has 1 aliphatic rings. The second kappa shape index (κ2) is 6.48. The maximum Gasteiger partial charge on any atom is 0.303 e. The van der Waals surface area contributed by atoms with E-state index in [4.69, 9.17) is 18.9 Å². The van der Waals surface area contributed by atoms with Crippen LogP contribution in [0.3, 0.4) is 0 Å². The van der Waals surface area contributed by atoms with E-state index in [1.807, 2.05) is 0 Å². The molecule has 0 unspecified atom stereocenters. The first-order valence-corrected chi connectivity index (χ1v) is 5.62. The molecule has 0 aromatic rings. The molecular weight excluding hydrogens is 260 g/mol. The molecule has 8 heteroatoms. The number of ether oxygens (including phenoxy) is 4. The molecule has 108 valence electrons. The van der Waals surface area contributed by atoms with Crippen molar-refractivity contribution in [1.82, 2.24) is 0 Å². The maximum atomic E-state index is 11.1. The molecule has 0 bridgehead atoms. The topological polar surface area (TPSA) is 108 Å². The first kappa shape index (κ1) is 15.4. The van der Waals surface area contributed by atoms with Crippen molar-refractivity contribution >= 4 is 17.9 Å². The number of aliphatic hydroxyl groups is 1. The summed E-state index contributed by atoms with van der Waals surface area (Å²) in [6.45, 7) is 3.29. The molecule has 19 heavy (non-hydrogen) atoms. The van der Waals surface area contributed by atoms with E-state index in [9.17, 15) is 19.5 Å². The van der Waals surface area contributed by atoms with Gasteiger partial charge in [0, 0.05) is 20.8 Å². The van der Waals surface area contributed by atoms with Gasteiger partial charge < -0.3 is 24.1 Å². The molecule has 1 saturated heterocycles. The third-order valence-corrected chi connectivity index (χ3v) is 2.32. The third kappa shape index (κ3) is 4.49. The van der Waals surface area contributed by atoms with Gasteiger partial charge in [-0.25, -0.2) is 0 Å². The van der Waals surface area contributed by atoms with Crippen molar-refractivity contribution in [1.29, 1.82) is 0 Å². The Kier molecular flexibility index (Phi) is 5.25. The molecule has 0 aromatic carbocycles. The average molecular weight is 276 g/mol. The zero-order chi connectivity index (χ0) is 14.6. The molecule has 4 atom stereocenters. The van der Waals surface area contributed by atoms with Crippen molar-refractivity contribution < 1.29 is 38.4 Å². The number of rotatable bonds is 3. The Balaban J connectivity index is 2.89. The zero-order valence-corrected chi connectivity index (χ0v) is 10.8. The summed E-state index contributed by atoms with van der Waals surface area (Å²) >= 11 is 0. The molecule has 1 fully saturated rings. The van der Waals surface area contributed by atoms with Gasteiger partial charge in [0.2, 0.25) is 0 Å². The molecular formula is C11H16O8. The first-order valence-electron chi connectivity index (χ1n) is 5.62. The SMILES string of the molecule is CC(=O)O[C@@H]1[C@@H](OC(C)=O)[C@@H](O)OC[C@@H]1OC(C)=O. The second-order valence-electron chi connectivity index (χ2n) is 4.02. The van der Waals surface area contributed by atoms with E-state index < -0.39 is 42.5 Å². The Bertz CT molecular complexity index is 366. The van der Waals surface area contributed by atoms with E-state index in [-0.39, 0.29) is 6.61 Å². The predicted molar refractivity (Wildman–Crippen MR) is 58.6 cm³/mol. The maximum absolute atomic E-state index is 11.1. The summed E-state index contributed by atoms with van der Waals surface area (Å²) in [5, 5.41) is 9.62. The summed E-state index contributed by atoms with van der Waals surface area (Å²) in [4.78, 5) is 33.0. The lowest BCUT2D eigenvalue weighted by atomic mass is 10.0. The normalized spacial score (nSPS) is 30.3. The Morgan fingerprint density at radius 1 is 0.947 bits per heavy atom. The van der Waals surface area contributed by atoms with Gasteiger partial charge >= 0.3 is 17.9 Å². The van der Waals surface area contributed by atoms with Crippen LogP contribution >= 0.6 is 0 Å². The highest BCUT2D eigenvalue weighted by Gasteiger charge is 2.46. The van der Waals surface area contributed by atoms with Crippen LogP contribution in [0.4, 0.5) is 0 Å². The number of aliphatic hydroxyl groups excluding tert-OH is 1. The fourth-order valence-electron chi connectivity index (χ4n) is 1.72. The number of esters is 3. The van der Waals surface area contributed by atoms with E-state index in [0.717, 1.165) is 13.8 Å². The largest absolute Gasteiger partial charge is 0.456 e. The van der Waals surface area contributed by atoms with Crippen LogP contribution in [0.2, 0.25) is 0 Å². The third-order valence-electron chi connectivity index (χ3n) is 2.32. The molecule has 0 spiro atoms. The summed E-state index contributed by atoms with van der Waals surface area (Å²) in [5.41, 5.74) is 0. The van der Waals surface area contributed by atoms with Gasteiger partial charge in [-0.05, 0) is 0 Å². The fourth-order valence-corrected chi connectivity index (χ4v) is 1.72. The Labute approximate surface area is 109 Å². The quantitative estimate of drug-likeness (QED) is 0.523. The number of hydrogen-bond acceptors (Lipinski definition) is 8. The van der Waals surface area contributed by atoms with Gasteiger partial charge in [-0.2, -0.15) is 0 Å². The van der Waals surface area contributed by atoms with Gasteiger partial charge in [-0.3, -0.25) is 14.4 Å². The van der Waals surface area contributed by atoms with Crippen LogP contribution in [0.25, 0.3) is 0 Å². The minimum atomic E-state index is -1.46. The molecule has 1 aliphatic heterocycles. The molecule has 0 radical (unpaired) electrons. The van der Waals surface area contributed by atoms with E-state index in [2.05, 4.69) is 0 Å². The summed E-state index contributed by atoms with van der Waals surface area (Å²) in [6.07, 6.45) is -4.78. The molecule has 8 nitrogen and oxygen atoms in total. The fraction of sp³-hybridized carbons (Fsp3) is 0.727. The van der Waals surface area contributed by atoms with Crippen LogP contribution in [-0.2, 0) is 33.3 Å². The summed E-state index contributed by atoms with van der Waals surface area (Å²) in [6, 6.07) is 0. The minimum absolute atomic E-state index is 0.170. The van der Waals surface area contributed by atoms with Crippen LogP contribution in [-0.4, -0.2) is 54.2 Å². The average Bonchev–Trinajstić information content (AvgIpc) is 2.25. The lowest BCUT2D eigenvalue weighted by molar-refractivity contribution is -0.267. The highest BCUT2D eigenvalue weighted by molar-refractivity contribution is 5.68. The molecule has 0 amide bonds. The molecule has 1 rings (SSSR count). The summed E-state index contributed by atoms with van der Waals surface area (Å²) in [5.74, 6) is -1.95. The molecule has 0 saturated carbocycles. The van der Waals surface area contributed by atoms with Crippen LogP contribution in [0.5, 0.6) is 0 Å². The highest BCUT2D eigenvalue weighted by atomic mass is 16.7. The Hall–Kier alpha value is -1.67. The second-order valence-corrected chi connectivity index (χ2v) is 4.02. The van der Waals surface area contributed by atoms with Crippen molar-refractivity contribution in [2.24, 2.45) is 0 Å². The van der Waals surface area contributed by atoms with Crippen LogP contribution in [0.1, 0.15) is 20.8 Å². The van der Waals surface area contributed by atoms with Crippen molar-refractivity contribution in [3.63, 3.8) is 0 Å². The summed E-state index contributed by atoms with van der Waals surface area (Å²) in [7, 11) is 0. The number of carbonyl (C=O) groups is 3. The van der Waals surface area contributed by atoms with E-state index in [0.29, 0.717) is 0 Å². The number of carbonyl (C=O) groups excluding carboxylic acids is 3. The van der Waals surface area contributed by atoms with Gasteiger partial charge in [0.25, 0.3) is 0 Å². The smallest absolute Gasteiger partial charge is 0.303 e. The van der Waals surface area contributed by atoms with E-state index in [1.165, 1.54) is 6.92 Å². The van der Waals surface area contributed by atoms with Crippen molar-refractivity contribution in [2.45, 2.75) is 45.4 Å². The first-order chi connectivity index (χ1) is 8.81. The van der Waals surface area contributed by atoms with Gasteiger partial charge in [0.05, 0.1) is 6.61 Å². The zero-order valence-electron chi connectivity index (χ0n) is 10.8. The minimum Gasteiger partial charge on any atom is -0.456 e. The van der Waals surface area contributed by atoms with Crippen molar-refractivity contribution in [3.8, 4) is 0 Å². The standard InChI is InChI=1S/C11H16O8/c1-5(12)17-8-4-16-11(15)10(19-7(3)14)9(8)18-6(2)13/h8-11,15H,4H2,1-3H3/t8-,9-,10+,11-/m0/s1. The Morgan fingerprint density at radius 2 is 1.42 bits per heavy atom. The molecule has 0 aliphatic carbocycles. The van der Waals surface area contributed by atoms with Crippen molar-refractivity contribution in [2.75, 3.05) is 6.61 Å². The monoisotopic (exact) mass is 276 g/mol. The summed E-state index contributed by atoms with van der Waals surface area (Å²) < 4.78 is 19.6. The molecule has 0 aromatic heterocycles. The lowest BCUT2D eigenvalue weighted by Gasteiger charge is -2.38. The highest BCUT2D eigenvalue weighted by Crippen LogP contribution is 2.23. The van der Waals surface area contributed by atoms with Crippen LogP contribution < -0.4 is 0 Å².